The molecule has 4 saturated heterocycles. The molecule has 0 aliphatic carbocycles. The van der Waals surface area contributed by atoms with Crippen molar-refractivity contribution >= 4 is 63.6 Å². The van der Waals surface area contributed by atoms with Gasteiger partial charge in [-0.1, -0.05) is 24.3 Å². The largest absolute Gasteiger partial charge is 0.293 e. The van der Waals surface area contributed by atoms with E-state index in [0.29, 0.717) is 0 Å². The van der Waals surface area contributed by atoms with E-state index >= 15 is 0 Å². The molecule has 240 valence electrons. The van der Waals surface area contributed by atoms with E-state index in [1.807, 2.05) is 11.8 Å². The van der Waals surface area contributed by atoms with Gasteiger partial charge in [-0.15, -0.1) is 0 Å². The SMILES string of the molecule is O=C(C#CC(=O)C1CCOS1(=O)=O)C1CCOS1(=O)=O.O=C(c1ccc(C(=O)C2CCOS2(=O)=O)cc1)C1CCOS1(=O)=O. The number of hydrogen-bond acceptors (Lipinski definition) is 16. The van der Waals surface area contributed by atoms with Crippen LogP contribution in [0.3, 0.4) is 0 Å². The quantitative estimate of drug-likeness (QED) is 0.145. The van der Waals surface area contributed by atoms with Crippen molar-refractivity contribution in [1.82, 2.24) is 0 Å². The molecule has 4 aliphatic rings. The van der Waals surface area contributed by atoms with Crippen molar-refractivity contribution in [3.05, 3.63) is 35.4 Å². The first-order valence-electron chi connectivity index (χ1n) is 12.8. The number of hydrogen-bond donors (Lipinski definition) is 0. The molecule has 0 spiro atoms. The van der Waals surface area contributed by atoms with E-state index in [0.717, 1.165) is 0 Å². The lowest BCUT2D eigenvalue weighted by molar-refractivity contribution is -0.115. The molecule has 16 nitrogen and oxygen atoms in total. The fraction of sp³-hybridized carbons (Fsp3) is 0.500. The van der Waals surface area contributed by atoms with Crippen molar-refractivity contribution in [1.29, 1.82) is 0 Å². The summed E-state index contributed by atoms with van der Waals surface area (Å²) in [6.07, 6.45) is 0.1000. The molecule has 44 heavy (non-hydrogen) atoms. The minimum atomic E-state index is -3.98. The average molecular weight is 697 g/mol. The van der Waals surface area contributed by atoms with Gasteiger partial charge >= 0.3 is 0 Å². The summed E-state index contributed by atoms with van der Waals surface area (Å²) in [5, 5.41) is -5.33. The Hall–Kier alpha value is -2.90. The average Bonchev–Trinajstić information content (AvgIpc) is 3.70. The Bertz CT molecular complexity index is 1730. The molecule has 0 radical (unpaired) electrons. The minimum Gasteiger partial charge on any atom is -0.293 e. The highest BCUT2D eigenvalue weighted by atomic mass is 32.2. The van der Waals surface area contributed by atoms with Crippen molar-refractivity contribution in [3.63, 3.8) is 0 Å². The van der Waals surface area contributed by atoms with Crippen LogP contribution >= 0.6 is 0 Å². The van der Waals surface area contributed by atoms with Gasteiger partial charge in [-0.25, -0.2) is 0 Å². The van der Waals surface area contributed by atoms with Crippen molar-refractivity contribution in [2.45, 2.75) is 46.7 Å². The highest BCUT2D eigenvalue weighted by molar-refractivity contribution is 7.89. The van der Waals surface area contributed by atoms with Gasteiger partial charge in [0.25, 0.3) is 40.5 Å². The van der Waals surface area contributed by atoms with Gasteiger partial charge in [-0.2, -0.15) is 33.7 Å². The minimum absolute atomic E-state index is 0.0329. The molecule has 0 amide bonds. The number of ketones is 4. The van der Waals surface area contributed by atoms with Gasteiger partial charge in [0.2, 0.25) is 11.6 Å². The molecule has 0 aromatic heterocycles. The van der Waals surface area contributed by atoms with Crippen molar-refractivity contribution in [2.24, 2.45) is 0 Å². The molecule has 0 saturated carbocycles. The van der Waals surface area contributed by atoms with Crippen LogP contribution in [0.4, 0.5) is 0 Å². The molecule has 5 rings (SSSR count). The number of carbonyl (C=O) groups is 4. The smallest absolute Gasteiger partial charge is 0.278 e. The van der Waals surface area contributed by atoms with Crippen molar-refractivity contribution in [3.8, 4) is 11.8 Å². The molecular weight excluding hydrogens is 673 g/mol. The van der Waals surface area contributed by atoms with Crippen LogP contribution in [-0.4, -0.2) is 104 Å². The molecular formula is C24H24O16S4. The molecule has 0 bridgehead atoms. The number of carbonyl (C=O) groups excluding carboxylic acids is 4. The summed E-state index contributed by atoms with van der Waals surface area (Å²) in [6, 6.07) is 5.25. The van der Waals surface area contributed by atoms with Crippen LogP contribution in [0.2, 0.25) is 0 Å². The molecule has 4 fully saturated rings. The highest BCUT2D eigenvalue weighted by Gasteiger charge is 2.42. The lowest BCUT2D eigenvalue weighted by Crippen LogP contribution is -2.27. The third-order valence-electron chi connectivity index (χ3n) is 6.84. The van der Waals surface area contributed by atoms with Gasteiger partial charge in [0, 0.05) is 11.1 Å². The van der Waals surface area contributed by atoms with Gasteiger partial charge in [-0.05, 0) is 37.5 Å². The second kappa shape index (κ2) is 12.8. The lowest BCUT2D eigenvalue weighted by atomic mass is 10.0. The summed E-state index contributed by atoms with van der Waals surface area (Å²) < 4.78 is 110. The molecule has 4 atom stereocenters. The second-order valence-electron chi connectivity index (χ2n) is 9.65. The van der Waals surface area contributed by atoms with E-state index in [1.54, 1.807) is 0 Å². The van der Waals surface area contributed by atoms with Crippen LogP contribution in [0.25, 0.3) is 0 Å². The Labute approximate surface area is 252 Å². The van der Waals surface area contributed by atoms with Gasteiger partial charge < -0.3 is 0 Å². The highest BCUT2D eigenvalue weighted by Crippen LogP contribution is 2.25. The standard InChI is InChI=1S/C14H14O8S2.C10H10O8S2/c15-13(11-5-7-21-23(11,17)18)9-1-2-10(4-3-9)14(16)12-6-8-22-24(12,19)20;11-7(9-3-5-17-19(9,13)14)1-2-8(12)10-4-6-18-20(10,15)16/h1-4,11-12H,5-8H2;9-10H,3-6H2. The van der Waals surface area contributed by atoms with E-state index in [1.165, 1.54) is 24.3 Å². The second-order valence-corrected chi connectivity index (χ2v) is 16.8. The van der Waals surface area contributed by atoms with Crippen LogP contribution in [0, 0.1) is 11.8 Å². The number of benzene rings is 1. The summed E-state index contributed by atoms with van der Waals surface area (Å²) >= 11 is 0. The zero-order valence-electron chi connectivity index (χ0n) is 22.4. The third-order valence-corrected chi connectivity index (χ3v) is 13.4. The fourth-order valence-electron chi connectivity index (χ4n) is 4.49. The lowest BCUT2D eigenvalue weighted by Gasteiger charge is -2.09. The molecule has 4 heterocycles. The number of Topliss-reactive ketones (excluding diaryl/α,β-unsaturated/α-hetero) is 4. The van der Waals surface area contributed by atoms with Crippen molar-refractivity contribution in [2.75, 3.05) is 26.4 Å². The van der Waals surface area contributed by atoms with Crippen LogP contribution in [0.5, 0.6) is 0 Å². The van der Waals surface area contributed by atoms with E-state index in [4.69, 9.17) is 0 Å². The summed E-state index contributed by atoms with van der Waals surface area (Å²) in [4.78, 5) is 47.6. The predicted octanol–water partition coefficient (Wildman–Crippen LogP) is -1.35. The predicted molar refractivity (Wildman–Crippen MR) is 146 cm³/mol. The Morgan fingerprint density at radius 1 is 0.477 bits per heavy atom. The van der Waals surface area contributed by atoms with E-state index in [9.17, 15) is 52.8 Å². The normalized spacial score (nSPS) is 29.0. The zero-order chi connectivity index (χ0) is 32.5. The van der Waals surface area contributed by atoms with E-state index in [-0.39, 0.29) is 63.2 Å². The van der Waals surface area contributed by atoms with Gasteiger partial charge in [0.1, 0.15) is 0 Å². The summed E-state index contributed by atoms with van der Waals surface area (Å²) in [5.41, 5.74) is 0.243. The summed E-state index contributed by atoms with van der Waals surface area (Å²) in [5.74, 6) is 0.579. The maximum Gasteiger partial charge on any atom is 0.278 e. The monoisotopic (exact) mass is 696 g/mol. The summed E-state index contributed by atoms with van der Waals surface area (Å²) in [6.45, 7) is -0.290. The Morgan fingerprint density at radius 3 is 0.955 bits per heavy atom. The van der Waals surface area contributed by atoms with Gasteiger partial charge in [0.15, 0.2) is 32.6 Å². The Morgan fingerprint density at radius 2 is 0.727 bits per heavy atom. The maximum absolute atomic E-state index is 12.2. The fourth-order valence-corrected chi connectivity index (χ4v) is 9.44. The van der Waals surface area contributed by atoms with Crippen LogP contribution in [-0.2, 0) is 66.8 Å². The molecule has 4 aliphatic heterocycles. The van der Waals surface area contributed by atoms with E-state index in [2.05, 4.69) is 16.7 Å². The topological polar surface area (TPSA) is 242 Å². The number of rotatable bonds is 6. The molecule has 1 aromatic rings. The first-order chi connectivity index (χ1) is 20.5. The van der Waals surface area contributed by atoms with Crippen LogP contribution in [0.1, 0.15) is 46.4 Å². The summed E-state index contributed by atoms with van der Waals surface area (Å²) in [7, 11) is -15.8. The first-order valence-corrected chi connectivity index (χ1v) is 18.7. The maximum atomic E-state index is 12.2. The van der Waals surface area contributed by atoms with Gasteiger partial charge in [0.05, 0.1) is 26.4 Å². The zero-order valence-corrected chi connectivity index (χ0v) is 25.7. The van der Waals surface area contributed by atoms with Crippen LogP contribution in [0.15, 0.2) is 24.3 Å². The molecule has 1 aromatic carbocycles. The molecule has 0 N–H and O–H groups in total. The van der Waals surface area contributed by atoms with E-state index < -0.39 is 84.6 Å². The van der Waals surface area contributed by atoms with Crippen LogP contribution < -0.4 is 0 Å². The Kier molecular flexibility index (Phi) is 9.92. The van der Waals surface area contributed by atoms with Crippen molar-refractivity contribution < 1.29 is 69.6 Å². The third kappa shape index (κ3) is 7.31. The first kappa shape index (κ1) is 34.0. The molecule has 4 unspecified atom stereocenters. The molecule has 20 heteroatoms. The van der Waals surface area contributed by atoms with Gasteiger partial charge in [-0.3, -0.25) is 35.9 Å². The Balaban J connectivity index is 0.000000204.